The summed E-state index contributed by atoms with van der Waals surface area (Å²) in [6.07, 6.45) is 2.76. The number of carboxylic acid groups (broad SMARTS) is 1. The highest BCUT2D eigenvalue weighted by atomic mass is 32.2. The van der Waals surface area contributed by atoms with E-state index in [0.717, 1.165) is 12.8 Å². The zero-order chi connectivity index (χ0) is 15.3. The number of rotatable bonds is 5. The lowest BCUT2D eigenvalue weighted by Crippen LogP contribution is -2.48. The highest BCUT2D eigenvalue weighted by molar-refractivity contribution is 7.88. The number of hydrogen-bond donors (Lipinski definition) is 3. The van der Waals surface area contributed by atoms with E-state index < -0.39 is 28.1 Å². The Morgan fingerprint density at radius 1 is 1.45 bits per heavy atom. The quantitative estimate of drug-likeness (QED) is 0.629. The van der Waals surface area contributed by atoms with Crippen LogP contribution in [0.25, 0.3) is 0 Å². The van der Waals surface area contributed by atoms with E-state index in [1.54, 1.807) is 0 Å². The summed E-state index contributed by atoms with van der Waals surface area (Å²) in [6, 6.07) is -1.52. The first kappa shape index (κ1) is 16.7. The molecule has 0 saturated carbocycles. The molecular formula is C11H21N3O5S. The molecule has 20 heavy (non-hydrogen) atoms. The van der Waals surface area contributed by atoms with Gasteiger partial charge in [-0.25, -0.2) is 17.5 Å². The molecule has 1 heterocycles. The van der Waals surface area contributed by atoms with Crippen LogP contribution in [-0.2, 0) is 14.8 Å². The maximum absolute atomic E-state index is 11.5. The third-order valence-electron chi connectivity index (χ3n) is 3.22. The summed E-state index contributed by atoms with van der Waals surface area (Å²) in [4.78, 5) is 22.0. The standard InChI is InChI=1S/C11H21N3O5S/c1-8(10(15)16)13-11(17)12-6-9-4-3-5-14(7-9)20(2,18)19/h8-9H,3-7H2,1-2H3,(H,15,16)(H2,12,13,17). The van der Waals surface area contributed by atoms with Gasteiger partial charge in [0.05, 0.1) is 6.26 Å². The lowest BCUT2D eigenvalue weighted by molar-refractivity contribution is -0.138. The third-order valence-corrected chi connectivity index (χ3v) is 4.49. The maximum Gasteiger partial charge on any atom is 0.325 e. The van der Waals surface area contributed by atoms with Crippen molar-refractivity contribution >= 4 is 22.0 Å². The summed E-state index contributed by atoms with van der Waals surface area (Å²) in [6.45, 7) is 2.59. The van der Waals surface area contributed by atoms with Crippen LogP contribution in [0.4, 0.5) is 4.79 Å². The highest BCUT2D eigenvalue weighted by Gasteiger charge is 2.26. The number of aliphatic carboxylic acids is 1. The molecule has 1 aliphatic rings. The van der Waals surface area contributed by atoms with Crippen molar-refractivity contribution in [3.8, 4) is 0 Å². The largest absolute Gasteiger partial charge is 0.480 e. The minimum Gasteiger partial charge on any atom is -0.480 e. The van der Waals surface area contributed by atoms with Gasteiger partial charge in [0.15, 0.2) is 0 Å². The van der Waals surface area contributed by atoms with E-state index in [-0.39, 0.29) is 5.92 Å². The zero-order valence-corrected chi connectivity index (χ0v) is 12.4. The van der Waals surface area contributed by atoms with Crippen molar-refractivity contribution in [2.75, 3.05) is 25.9 Å². The molecule has 8 nitrogen and oxygen atoms in total. The van der Waals surface area contributed by atoms with Gasteiger partial charge in [0.2, 0.25) is 10.0 Å². The number of amides is 2. The van der Waals surface area contributed by atoms with E-state index in [1.807, 2.05) is 0 Å². The summed E-state index contributed by atoms with van der Waals surface area (Å²) in [5, 5.41) is 13.5. The Balaban J connectivity index is 2.38. The molecule has 0 spiro atoms. The number of piperidine rings is 1. The topological polar surface area (TPSA) is 116 Å². The lowest BCUT2D eigenvalue weighted by atomic mass is 10.00. The van der Waals surface area contributed by atoms with Crippen LogP contribution in [-0.4, -0.2) is 61.8 Å². The predicted octanol–water partition coefficient (Wildman–Crippen LogP) is -0.570. The summed E-state index contributed by atoms with van der Waals surface area (Å²) >= 11 is 0. The van der Waals surface area contributed by atoms with E-state index >= 15 is 0 Å². The third kappa shape index (κ3) is 5.33. The van der Waals surface area contributed by atoms with E-state index in [4.69, 9.17) is 5.11 Å². The molecule has 0 bridgehead atoms. The molecule has 0 aromatic heterocycles. The molecule has 0 aromatic rings. The number of nitrogens with zero attached hydrogens (tertiary/aromatic N) is 1. The summed E-state index contributed by atoms with van der Waals surface area (Å²) in [5.41, 5.74) is 0. The van der Waals surface area contributed by atoms with Gasteiger partial charge < -0.3 is 15.7 Å². The average Bonchev–Trinajstić information content (AvgIpc) is 2.35. The number of carboxylic acids is 1. The van der Waals surface area contributed by atoms with Crippen molar-refractivity contribution in [3.63, 3.8) is 0 Å². The van der Waals surface area contributed by atoms with Crippen molar-refractivity contribution in [2.24, 2.45) is 5.92 Å². The molecule has 1 fully saturated rings. The molecule has 116 valence electrons. The fourth-order valence-corrected chi connectivity index (χ4v) is 2.98. The Morgan fingerprint density at radius 2 is 2.10 bits per heavy atom. The van der Waals surface area contributed by atoms with Gasteiger partial charge in [0, 0.05) is 19.6 Å². The van der Waals surface area contributed by atoms with Crippen LogP contribution in [0, 0.1) is 5.92 Å². The van der Waals surface area contributed by atoms with E-state index in [2.05, 4.69) is 10.6 Å². The van der Waals surface area contributed by atoms with Crippen molar-refractivity contribution in [3.05, 3.63) is 0 Å². The van der Waals surface area contributed by atoms with Crippen molar-refractivity contribution in [1.82, 2.24) is 14.9 Å². The fraction of sp³-hybridized carbons (Fsp3) is 0.818. The Kier molecular flexibility index (Phi) is 5.75. The molecule has 0 radical (unpaired) electrons. The monoisotopic (exact) mass is 307 g/mol. The number of carbonyl (C=O) groups excluding carboxylic acids is 1. The van der Waals surface area contributed by atoms with Crippen LogP contribution in [0.2, 0.25) is 0 Å². The van der Waals surface area contributed by atoms with Gasteiger partial charge in [-0.15, -0.1) is 0 Å². The number of sulfonamides is 1. The first-order valence-electron chi connectivity index (χ1n) is 6.42. The molecular weight excluding hydrogens is 286 g/mol. The SMILES string of the molecule is CC(NC(=O)NCC1CCCN(S(C)(=O)=O)C1)C(=O)O. The number of carbonyl (C=O) groups is 2. The van der Waals surface area contributed by atoms with Gasteiger partial charge in [0.25, 0.3) is 0 Å². The first-order valence-corrected chi connectivity index (χ1v) is 8.27. The molecule has 1 saturated heterocycles. The van der Waals surface area contributed by atoms with Gasteiger partial charge in [0.1, 0.15) is 6.04 Å². The van der Waals surface area contributed by atoms with Crippen molar-refractivity contribution in [2.45, 2.75) is 25.8 Å². The second-order valence-electron chi connectivity index (χ2n) is 5.04. The average molecular weight is 307 g/mol. The lowest BCUT2D eigenvalue weighted by Gasteiger charge is -2.31. The molecule has 3 N–H and O–H groups in total. The molecule has 1 aliphatic heterocycles. The molecule has 2 amide bonds. The van der Waals surface area contributed by atoms with E-state index in [9.17, 15) is 18.0 Å². The molecule has 1 rings (SSSR count). The minimum atomic E-state index is -3.20. The van der Waals surface area contributed by atoms with Crippen LogP contribution in [0.3, 0.4) is 0 Å². The zero-order valence-electron chi connectivity index (χ0n) is 11.6. The van der Waals surface area contributed by atoms with Crippen molar-refractivity contribution in [1.29, 1.82) is 0 Å². The molecule has 2 unspecified atom stereocenters. The van der Waals surface area contributed by atoms with E-state index in [1.165, 1.54) is 17.5 Å². The Hall–Kier alpha value is -1.35. The normalized spacial score (nSPS) is 22.0. The summed E-state index contributed by atoms with van der Waals surface area (Å²) in [5.74, 6) is -1.06. The second-order valence-corrected chi connectivity index (χ2v) is 7.03. The maximum atomic E-state index is 11.5. The van der Waals surface area contributed by atoms with Crippen molar-refractivity contribution < 1.29 is 23.1 Å². The predicted molar refractivity (Wildman–Crippen MR) is 72.8 cm³/mol. The minimum absolute atomic E-state index is 0.0457. The Morgan fingerprint density at radius 3 is 2.65 bits per heavy atom. The van der Waals surface area contributed by atoms with Gasteiger partial charge in [-0.1, -0.05) is 0 Å². The van der Waals surface area contributed by atoms with Gasteiger partial charge in [-0.3, -0.25) is 4.79 Å². The van der Waals surface area contributed by atoms with Gasteiger partial charge in [-0.05, 0) is 25.7 Å². The second kappa shape index (κ2) is 6.89. The van der Waals surface area contributed by atoms with Crippen LogP contribution in [0.15, 0.2) is 0 Å². The Bertz CT molecular complexity index is 465. The Labute approximate surface area is 118 Å². The molecule has 9 heteroatoms. The van der Waals surface area contributed by atoms with Crippen LogP contribution in [0.1, 0.15) is 19.8 Å². The number of urea groups is 1. The summed E-state index contributed by atoms with van der Waals surface area (Å²) < 4.78 is 24.3. The molecule has 2 atom stereocenters. The van der Waals surface area contributed by atoms with Crippen LogP contribution >= 0.6 is 0 Å². The van der Waals surface area contributed by atoms with Crippen LogP contribution in [0.5, 0.6) is 0 Å². The molecule has 0 aliphatic carbocycles. The summed E-state index contributed by atoms with van der Waals surface area (Å²) in [7, 11) is -3.20. The first-order chi connectivity index (χ1) is 9.20. The molecule has 0 aromatic carbocycles. The number of hydrogen-bond acceptors (Lipinski definition) is 4. The smallest absolute Gasteiger partial charge is 0.325 e. The number of nitrogens with one attached hydrogen (secondary N) is 2. The van der Waals surface area contributed by atoms with Crippen LogP contribution < -0.4 is 10.6 Å². The van der Waals surface area contributed by atoms with Gasteiger partial charge >= 0.3 is 12.0 Å². The fourth-order valence-electron chi connectivity index (χ4n) is 2.04. The van der Waals surface area contributed by atoms with E-state index in [0.29, 0.717) is 19.6 Å². The highest BCUT2D eigenvalue weighted by Crippen LogP contribution is 2.17. The van der Waals surface area contributed by atoms with Gasteiger partial charge in [-0.2, -0.15) is 0 Å².